The number of carbonyl (C=O) groups excluding carboxylic acids is 2. The quantitative estimate of drug-likeness (QED) is 0.547. The van der Waals surface area contributed by atoms with Gasteiger partial charge in [-0.05, 0) is 56.7 Å². The molecular weight excluding hydrogens is 519 g/mol. The number of hydrogen-bond donors (Lipinski definition) is 1. The summed E-state index contributed by atoms with van der Waals surface area (Å²) < 4.78 is 1.76. The molecule has 5 rings (SSSR count). The van der Waals surface area contributed by atoms with Crippen molar-refractivity contribution in [2.24, 2.45) is 4.99 Å². The van der Waals surface area contributed by atoms with Crippen LogP contribution in [-0.4, -0.2) is 34.4 Å². The van der Waals surface area contributed by atoms with Gasteiger partial charge in [-0.3, -0.25) is 19.0 Å². The number of rotatable bonds is 4. The van der Waals surface area contributed by atoms with E-state index < -0.39 is 11.6 Å². The summed E-state index contributed by atoms with van der Waals surface area (Å²) in [5.74, 6) is -0.564. The molecule has 0 unspecified atom stereocenters. The lowest BCUT2D eigenvalue weighted by Crippen LogP contribution is -2.43. The number of thiazole rings is 1. The molecule has 0 spiro atoms. The highest BCUT2D eigenvalue weighted by molar-refractivity contribution is 7.07. The lowest BCUT2D eigenvalue weighted by molar-refractivity contribution is -0.127. The Morgan fingerprint density at radius 3 is 2.42 bits per heavy atom. The van der Waals surface area contributed by atoms with Gasteiger partial charge in [-0.25, -0.2) is 4.99 Å². The molecule has 1 atom stereocenters. The summed E-state index contributed by atoms with van der Waals surface area (Å²) in [4.78, 5) is 47.4. The number of fused-ring (bicyclic) bond motifs is 2. The SMILES string of the molecule is CCN(CC)C(=O)C1=C(C)N=c2s/c(=C3/C(=O)Nc4ccc(Cl)cc43)c(=O)n2[C@@H]1c1ccc(Cl)cc1. The number of nitrogens with one attached hydrogen (secondary N) is 1. The van der Waals surface area contributed by atoms with Crippen molar-refractivity contribution in [1.29, 1.82) is 0 Å². The molecule has 0 saturated carbocycles. The van der Waals surface area contributed by atoms with E-state index in [9.17, 15) is 14.4 Å². The van der Waals surface area contributed by atoms with Crippen LogP contribution in [0.3, 0.4) is 0 Å². The van der Waals surface area contributed by atoms with Gasteiger partial charge in [-0.2, -0.15) is 0 Å². The first-order chi connectivity index (χ1) is 17.2. The highest BCUT2D eigenvalue weighted by Gasteiger charge is 2.35. The Bertz CT molecular complexity index is 1630. The molecule has 10 heteroatoms. The number of aromatic nitrogens is 1. The van der Waals surface area contributed by atoms with Crippen molar-refractivity contribution in [2.75, 3.05) is 18.4 Å². The van der Waals surface area contributed by atoms with Crippen LogP contribution in [0, 0.1) is 0 Å². The van der Waals surface area contributed by atoms with Crippen LogP contribution in [0.1, 0.15) is 37.9 Å². The van der Waals surface area contributed by atoms with Gasteiger partial charge < -0.3 is 10.2 Å². The monoisotopic (exact) mass is 540 g/mol. The van der Waals surface area contributed by atoms with Gasteiger partial charge in [0, 0.05) is 34.4 Å². The Labute approximate surface area is 221 Å². The zero-order chi connectivity index (χ0) is 25.7. The molecule has 0 aliphatic carbocycles. The van der Waals surface area contributed by atoms with Gasteiger partial charge in [-0.15, -0.1) is 0 Å². The van der Waals surface area contributed by atoms with Crippen LogP contribution in [0.4, 0.5) is 5.69 Å². The number of amides is 2. The van der Waals surface area contributed by atoms with Crippen molar-refractivity contribution >= 4 is 57.6 Å². The third-order valence-electron chi connectivity index (χ3n) is 6.42. The molecule has 0 bridgehead atoms. The van der Waals surface area contributed by atoms with Crippen LogP contribution in [0.15, 0.2) is 63.5 Å². The van der Waals surface area contributed by atoms with E-state index in [1.54, 1.807) is 54.3 Å². The minimum Gasteiger partial charge on any atom is -0.339 e. The summed E-state index contributed by atoms with van der Waals surface area (Å²) >= 11 is 13.5. The van der Waals surface area contributed by atoms with Crippen molar-refractivity contribution < 1.29 is 9.59 Å². The molecule has 2 aromatic carbocycles. The average Bonchev–Trinajstić information content (AvgIpc) is 3.34. The molecule has 3 heterocycles. The van der Waals surface area contributed by atoms with Gasteiger partial charge in [0.25, 0.3) is 17.4 Å². The number of benzene rings is 2. The van der Waals surface area contributed by atoms with Crippen molar-refractivity contribution in [3.63, 3.8) is 0 Å². The maximum absolute atomic E-state index is 14.0. The van der Waals surface area contributed by atoms with E-state index >= 15 is 0 Å². The maximum Gasteiger partial charge on any atom is 0.271 e. The van der Waals surface area contributed by atoms with Crippen molar-refractivity contribution in [2.45, 2.75) is 26.8 Å². The zero-order valence-corrected chi connectivity index (χ0v) is 22.1. The van der Waals surface area contributed by atoms with Gasteiger partial charge in [0.05, 0.1) is 22.9 Å². The summed E-state index contributed by atoms with van der Waals surface area (Å²) in [6.07, 6.45) is 0. The van der Waals surface area contributed by atoms with Crippen LogP contribution < -0.4 is 20.2 Å². The lowest BCUT2D eigenvalue weighted by atomic mass is 9.94. The molecule has 0 fully saturated rings. The third-order valence-corrected chi connectivity index (χ3v) is 7.96. The molecule has 2 aliphatic rings. The molecule has 3 aromatic rings. The van der Waals surface area contributed by atoms with Crippen LogP contribution in [0.2, 0.25) is 10.0 Å². The summed E-state index contributed by atoms with van der Waals surface area (Å²) in [5.41, 5.74) is 2.69. The van der Waals surface area contributed by atoms with E-state index in [0.717, 1.165) is 16.9 Å². The standard InChI is InChI=1S/C26H22Cl2N4O3S/c1-4-31(5-2)24(34)19-13(3)29-26-32(21(19)14-6-8-15(27)9-7-14)25(35)22(36-26)20-17-12-16(28)10-11-18(17)30-23(20)33/h6-12,21H,4-5H2,1-3H3,(H,30,33)/b22-20+/t21-/m1/s1. The zero-order valence-electron chi connectivity index (χ0n) is 19.8. The largest absolute Gasteiger partial charge is 0.339 e. The molecule has 2 amide bonds. The van der Waals surface area contributed by atoms with Crippen LogP contribution in [-0.2, 0) is 9.59 Å². The van der Waals surface area contributed by atoms with Gasteiger partial charge in [0.1, 0.15) is 4.53 Å². The average molecular weight is 541 g/mol. The molecule has 1 N–H and O–H groups in total. The fraction of sp³-hybridized carbons (Fsp3) is 0.231. The molecule has 0 radical (unpaired) electrons. The predicted molar refractivity (Wildman–Crippen MR) is 142 cm³/mol. The molecule has 36 heavy (non-hydrogen) atoms. The summed E-state index contributed by atoms with van der Waals surface area (Å²) in [6.45, 7) is 6.63. The van der Waals surface area contributed by atoms with E-state index in [2.05, 4.69) is 10.3 Å². The Kier molecular flexibility index (Phi) is 6.36. The highest BCUT2D eigenvalue weighted by Crippen LogP contribution is 2.34. The van der Waals surface area contributed by atoms with Gasteiger partial charge in [-0.1, -0.05) is 46.7 Å². The number of allylic oxidation sites excluding steroid dienone is 1. The van der Waals surface area contributed by atoms with Crippen LogP contribution >= 0.6 is 34.5 Å². The topological polar surface area (TPSA) is 83.8 Å². The van der Waals surface area contributed by atoms with Crippen LogP contribution in [0.5, 0.6) is 0 Å². The van der Waals surface area contributed by atoms with Crippen molar-refractivity contribution in [3.8, 4) is 0 Å². The smallest absolute Gasteiger partial charge is 0.271 e. The maximum atomic E-state index is 14.0. The number of hydrogen-bond acceptors (Lipinski definition) is 5. The second-order valence-corrected chi connectivity index (χ2v) is 10.3. The first-order valence-electron chi connectivity index (χ1n) is 11.5. The summed E-state index contributed by atoms with van der Waals surface area (Å²) in [7, 11) is 0. The number of halogens is 2. The molecular formula is C26H22Cl2N4O3S. The number of anilines is 1. The Morgan fingerprint density at radius 1 is 1.08 bits per heavy atom. The molecule has 1 aromatic heterocycles. The van der Waals surface area contributed by atoms with E-state index in [4.69, 9.17) is 23.2 Å². The Morgan fingerprint density at radius 2 is 1.75 bits per heavy atom. The second kappa shape index (κ2) is 9.35. The van der Waals surface area contributed by atoms with E-state index in [1.807, 2.05) is 13.8 Å². The van der Waals surface area contributed by atoms with Crippen LogP contribution in [0.25, 0.3) is 5.57 Å². The van der Waals surface area contributed by atoms with E-state index in [0.29, 0.717) is 50.5 Å². The summed E-state index contributed by atoms with van der Waals surface area (Å²) in [5, 5.41) is 3.80. The Hall–Kier alpha value is -3.20. The molecule has 7 nitrogen and oxygen atoms in total. The highest BCUT2D eigenvalue weighted by atomic mass is 35.5. The number of likely N-dealkylation sites (N-methyl/N-ethyl adjacent to an activating group) is 1. The molecule has 184 valence electrons. The lowest BCUT2D eigenvalue weighted by Gasteiger charge is -2.29. The number of nitrogens with zero attached hydrogens (tertiary/aromatic N) is 3. The molecule has 2 aliphatic heterocycles. The second-order valence-electron chi connectivity index (χ2n) is 8.45. The van der Waals surface area contributed by atoms with Crippen molar-refractivity contribution in [3.05, 3.63) is 94.6 Å². The van der Waals surface area contributed by atoms with Gasteiger partial charge >= 0.3 is 0 Å². The normalized spacial score (nSPS) is 17.9. The first kappa shape index (κ1) is 24.5. The Balaban J connectivity index is 1.82. The van der Waals surface area contributed by atoms with E-state index in [1.165, 1.54) is 4.57 Å². The molecule has 0 saturated heterocycles. The van der Waals surface area contributed by atoms with Gasteiger partial charge in [0.15, 0.2) is 4.80 Å². The summed E-state index contributed by atoms with van der Waals surface area (Å²) in [6, 6.07) is 11.4. The first-order valence-corrected chi connectivity index (χ1v) is 13.0. The third kappa shape index (κ3) is 3.89. The number of carbonyl (C=O) groups is 2. The van der Waals surface area contributed by atoms with Gasteiger partial charge in [0.2, 0.25) is 0 Å². The van der Waals surface area contributed by atoms with E-state index in [-0.39, 0.29) is 21.9 Å². The minimum atomic E-state index is -0.718. The fourth-order valence-corrected chi connectivity index (χ4v) is 6.09. The fourth-order valence-electron chi connectivity index (χ4n) is 4.65. The minimum absolute atomic E-state index is 0.185. The predicted octanol–water partition coefficient (Wildman–Crippen LogP) is 3.73. The van der Waals surface area contributed by atoms with Crippen molar-refractivity contribution in [1.82, 2.24) is 9.47 Å².